The summed E-state index contributed by atoms with van der Waals surface area (Å²) in [6.45, 7) is 6.91. The average Bonchev–Trinajstić information content (AvgIpc) is 2.38. The van der Waals surface area contributed by atoms with Crippen molar-refractivity contribution in [1.82, 2.24) is 13.9 Å². The predicted octanol–water partition coefficient (Wildman–Crippen LogP) is 1.13. The molecule has 2 heterocycles. The summed E-state index contributed by atoms with van der Waals surface area (Å²) in [6, 6.07) is 0.108. The van der Waals surface area contributed by atoms with E-state index in [1.165, 1.54) is 0 Å². The van der Waals surface area contributed by atoms with E-state index in [-0.39, 0.29) is 10.8 Å². The van der Waals surface area contributed by atoms with E-state index < -0.39 is 10.2 Å². The van der Waals surface area contributed by atoms with Crippen LogP contribution in [0.4, 0.5) is 0 Å². The molecule has 0 aromatic rings. The maximum absolute atomic E-state index is 12.9. The molecule has 118 valence electrons. The van der Waals surface area contributed by atoms with Crippen LogP contribution in [0.15, 0.2) is 0 Å². The third-order valence-electron chi connectivity index (χ3n) is 4.03. The highest BCUT2D eigenvalue weighted by molar-refractivity contribution is 8.00. The van der Waals surface area contributed by atoms with E-state index in [1.807, 2.05) is 18.8 Å². The van der Waals surface area contributed by atoms with Gasteiger partial charge in [-0.25, -0.2) is 0 Å². The standard InChI is InChI=1S/C13H27N3O2S2/c1-13(2)11-15(8-9-19-13)20(17,18)16-7-5-4-6-12(16)10-14-3/h12,14H,4-11H2,1-3H3. The van der Waals surface area contributed by atoms with Crippen molar-refractivity contribution in [3.8, 4) is 0 Å². The first-order valence-corrected chi connectivity index (χ1v) is 9.80. The number of rotatable bonds is 4. The molecule has 5 nitrogen and oxygen atoms in total. The van der Waals surface area contributed by atoms with Crippen molar-refractivity contribution in [3.63, 3.8) is 0 Å². The lowest BCUT2D eigenvalue weighted by atomic mass is 10.1. The molecule has 2 aliphatic heterocycles. The minimum Gasteiger partial charge on any atom is -0.318 e. The number of nitrogens with one attached hydrogen (secondary N) is 1. The first-order valence-electron chi connectivity index (χ1n) is 7.42. The van der Waals surface area contributed by atoms with Crippen molar-refractivity contribution in [3.05, 3.63) is 0 Å². The Hall–Kier alpha value is 0.180. The zero-order valence-corrected chi connectivity index (χ0v) is 14.4. The molecule has 0 radical (unpaired) electrons. The molecule has 1 N–H and O–H groups in total. The van der Waals surface area contributed by atoms with E-state index in [0.717, 1.165) is 31.6 Å². The van der Waals surface area contributed by atoms with Crippen LogP contribution in [-0.4, -0.2) is 66.8 Å². The number of piperidine rings is 1. The van der Waals surface area contributed by atoms with Gasteiger partial charge in [-0.2, -0.15) is 28.8 Å². The van der Waals surface area contributed by atoms with Gasteiger partial charge >= 0.3 is 0 Å². The first-order chi connectivity index (χ1) is 9.37. The Bertz CT molecular complexity index is 423. The van der Waals surface area contributed by atoms with Gasteiger partial charge in [-0.05, 0) is 33.7 Å². The second kappa shape index (κ2) is 6.52. The van der Waals surface area contributed by atoms with Gasteiger partial charge in [0.1, 0.15) is 0 Å². The second-order valence-electron chi connectivity index (χ2n) is 6.27. The molecule has 0 saturated carbocycles. The Morgan fingerprint density at radius 2 is 2.05 bits per heavy atom. The fourth-order valence-corrected chi connectivity index (χ4v) is 6.37. The van der Waals surface area contributed by atoms with Crippen molar-refractivity contribution in [2.24, 2.45) is 0 Å². The number of thioether (sulfide) groups is 1. The zero-order chi connectivity index (χ0) is 14.8. The summed E-state index contributed by atoms with van der Waals surface area (Å²) in [7, 11) is -1.43. The Morgan fingerprint density at radius 1 is 1.30 bits per heavy atom. The van der Waals surface area contributed by atoms with E-state index in [9.17, 15) is 8.42 Å². The molecule has 20 heavy (non-hydrogen) atoms. The molecule has 1 unspecified atom stereocenters. The number of nitrogens with zero attached hydrogens (tertiary/aromatic N) is 2. The van der Waals surface area contributed by atoms with Gasteiger partial charge in [0.25, 0.3) is 10.2 Å². The van der Waals surface area contributed by atoms with E-state index >= 15 is 0 Å². The van der Waals surface area contributed by atoms with E-state index in [0.29, 0.717) is 19.6 Å². The van der Waals surface area contributed by atoms with E-state index in [4.69, 9.17) is 0 Å². The topological polar surface area (TPSA) is 52.7 Å². The van der Waals surface area contributed by atoms with Gasteiger partial charge in [0.2, 0.25) is 0 Å². The van der Waals surface area contributed by atoms with Crippen molar-refractivity contribution in [2.75, 3.05) is 39.0 Å². The lowest BCUT2D eigenvalue weighted by Crippen LogP contribution is -2.56. The van der Waals surface area contributed by atoms with Crippen molar-refractivity contribution in [2.45, 2.75) is 43.9 Å². The minimum atomic E-state index is -3.31. The highest BCUT2D eigenvalue weighted by Crippen LogP contribution is 2.32. The molecule has 0 aromatic carbocycles. The van der Waals surface area contributed by atoms with Crippen LogP contribution < -0.4 is 5.32 Å². The van der Waals surface area contributed by atoms with Gasteiger partial charge in [-0.15, -0.1) is 0 Å². The maximum Gasteiger partial charge on any atom is 0.282 e. The highest BCUT2D eigenvalue weighted by Gasteiger charge is 2.40. The number of hydrogen-bond acceptors (Lipinski definition) is 4. The molecule has 1 atom stereocenters. The van der Waals surface area contributed by atoms with Gasteiger partial charge in [-0.3, -0.25) is 0 Å². The van der Waals surface area contributed by atoms with Gasteiger partial charge in [-0.1, -0.05) is 6.42 Å². The van der Waals surface area contributed by atoms with Gasteiger partial charge < -0.3 is 5.32 Å². The Labute approximate surface area is 127 Å². The van der Waals surface area contributed by atoms with Gasteiger partial charge in [0, 0.05) is 42.7 Å². The van der Waals surface area contributed by atoms with Crippen LogP contribution in [0.3, 0.4) is 0 Å². The van der Waals surface area contributed by atoms with Crippen LogP contribution in [-0.2, 0) is 10.2 Å². The maximum atomic E-state index is 12.9. The SMILES string of the molecule is CNCC1CCCCN1S(=O)(=O)N1CCSC(C)(C)C1. The smallest absolute Gasteiger partial charge is 0.282 e. The third-order valence-corrected chi connectivity index (χ3v) is 7.36. The minimum absolute atomic E-state index is 0.0135. The molecule has 0 bridgehead atoms. The van der Waals surface area contributed by atoms with Crippen molar-refractivity contribution in [1.29, 1.82) is 0 Å². The molecule has 0 amide bonds. The summed E-state index contributed by atoms with van der Waals surface area (Å²) >= 11 is 1.86. The molecule has 0 spiro atoms. The molecule has 2 rings (SSSR count). The second-order valence-corrected chi connectivity index (χ2v) is 9.95. The van der Waals surface area contributed by atoms with Crippen LogP contribution >= 0.6 is 11.8 Å². The molecular formula is C13H27N3O2S2. The van der Waals surface area contributed by atoms with Crippen molar-refractivity contribution < 1.29 is 8.42 Å². The van der Waals surface area contributed by atoms with Gasteiger partial charge in [0.05, 0.1) is 0 Å². The van der Waals surface area contributed by atoms with Crippen LogP contribution in [0.5, 0.6) is 0 Å². The lowest BCUT2D eigenvalue weighted by Gasteiger charge is -2.42. The number of likely N-dealkylation sites (N-methyl/N-ethyl adjacent to an activating group) is 1. The Morgan fingerprint density at radius 3 is 2.70 bits per heavy atom. The van der Waals surface area contributed by atoms with Crippen LogP contribution in [0.25, 0.3) is 0 Å². The number of hydrogen-bond donors (Lipinski definition) is 1. The molecule has 0 aliphatic carbocycles. The van der Waals surface area contributed by atoms with Crippen molar-refractivity contribution >= 4 is 22.0 Å². The normalized spacial score (nSPS) is 29.4. The first kappa shape index (κ1) is 16.5. The summed E-state index contributed by atoms with van der Waals surface area (Å²) in [5.74, 6) is 0.886. The summed E-state index contributed by atoms with van der Waals surface area (Å²) in [6.07, 6.45) is 3.07. The zero-order valence-electron chi connectivity index (χ0n) is 12.8. The summed E-state index contributed by atoms with van der Waals surface area (Å²) in [5, 5.41) is 3.13. The van der Waals surface area contributed by atoms with Crippen LogP contribution in [0.1, 0.15) is 33.1 Å². The lowest BCUT2D eigenvalue weighted by molar-refractivity contribution is 0.226. The fourth-order valence-electron chi connectivity index (χ4n) is 3.04. The quantitative estimate of drug-likeness (QED) is 0.843. The Balaban J connectivity index is 2.15. The molecular weight excluding hydrogens is 294 g/mol. The van der Waals surface area contributed by atoms with Gasteiger partial charge in [0.15, 0.2) is 0 Å². The fraction of sp³-hybridized carbons (Fsp3) is 1.00. The third kappa shape index (κ3) is 3.68. The molecule has 2 saturated heterocycles. The van der Waals surface area contributed by atoms with E-state index in [1.54, 1.807) is 8.61 Å². The van der Waals surface area contributed by atoms with Crippen LogP contribution in [0, 0.1) is 0 Å². The summed E-state index contributed by atoms with van der Waals surface area (Å²) in [5.41, 5.74) is 0. The average molecular weight is 322 g/mol. The predicted molar refractivity (Wildman–Crippen MR) is 85.3 cm³/mol. The van der Waals surface area contributed by atoms with Crippen LogP contribution in [0.2, 0.25) is 0 Å². The summed E-state index contributed by atoms with van der Waals surface area (Å²) in [4.78, 5) is 0. The Kier molecular flexibility index (Phi) is 5.40. The monoisotopic (exact) mass is 321 g/mol. The molecule has 2 fully saturated rings. The summed E-state index contributed by atoms with van der Waals surface area (Å²) < 4.78 is 29.3. The molecule has 0 aromatic heterocycles. The van der Waals surface area contributed by atoms with E-state index in [2.05, 4.69) is 19.2 Å². The molecule has 7 heteroatoms. The largest absolute Gasteiger partial charge is 0.318 e. The molecule has 2 aliphatic rings. The highest BCUT2D eigenvalue weighted by atomic mass is 32.2.